The summed E-state index contributed by atoms with van der Waals surface area (Å²) in [6, 6.07) is 12.5. The van der Waals surface area contributed by atoms with Crippen LogP contribution in [0.1, 0.15) is 35.5 Å². The van der Waals surface area contributed by atoms with Crippen molar-refractivity contribution in [2.75, 3.05) is 6.54 Å². The average Bonchev–Trinajstić information content (AvgIpc) is 2.89. The minimum atomic E-state index is -0.428. The third kappa shape index (κ3) is 4.75. The zero-order valence-electron chi connectivity index (χ0n) is 12.2. The maximum Gasteiger partial charge on any atom is 0.0914 e. The summed E-state index contributed by atoms with van der Waals surface area (Å²) in [6.45, 7) is 4.92. The third-order valence-electron chi connectivity index (χ3n) is 3.45. The Morgan fingerprint density at radius 2 is 2.00 bits per heavy atom. The van der Waals surface area contributed by atoms with Gasteiger partial charge in [0.15, 0.2) is 0 Å². The van der Waals surface area contributed by atoms with Crippen LogP contribution in [0.25, 0.3) is 0 Å². The van der Waals surface area contributed by atoms with Crippen molar-refractivity contribution in [1.29, 1.82) is 0 Å². The summed E-state index contributed by atoms with van der Waals surface area (Å²) in [5.74, 6) is 0. The van der Waals surface area contributed by atoms with Gasteiger partial charge < -0.3 is 10.4 Å². The van der Waals surface area contributed by atoms with Gasteiger partial charge in [-0.25, -0.2) is 0 Å². The number of nitrogens with one attached hydrogen (secondary N) is 1. The molecule has 20 heavy (non-hydrogen) atoms. The number of aliphatic hydroxyl groups excluding tert-OH is 1. The fourth-order valence-corrected chi connectivity index (χ4v) is 3.08. The van der Waals surface area contributed by atoms with Gasteiger partial charge >= 0.3 is 0 Å². The van der Waals surface area contributed by atoms with E-state index in [-0.39, 0.29) is 0 Å². The molecule has 0 amide bonds. The van der Waals surface area contributed by atoms with Gasteiger partial charge in [0.05, 0.1) is 6.10 Å². The molecule has 3 heteroatoms. The number of hydrogen-bond donors (Lipinski definition) is 2. The molecule has 2 atom stereocenters. The number of aliphatic hydroxyl groups is 1. The van der Waals surface area contributed by atoms with Crippen molar-refractivity contribution in [3.63, 3.8) is 0 Å². The second kappa shape index (κ2) is 7.58. The Balaban J connectivity index is 1.71. The van der Waals surface area contributed by atoms with Crippen molar-refractivity contribution in [3.8, 4) is 0 Å². The first kappa shape index (κ1) is 15.2. The Morgan fingerprint density at radius 3 is 2.65 bits per heavy atom. The Hall–Kier alpha value is -1.16. The van der Waals surface area contributed by atoms with Crippen molar-refractivity contribution in [2.24, 2.45) is 0 Å². The van der Waals surface area contributed by atoms with Gasteiger partial charge in [-0.3, -0.25) is 0 Å². The first-order chi connectivity index (χ1) is 9.65. The first-order valence-corrected chi connectivity index (χ1v) is 8.03. The van der Waals surface area contributed by atoms with Gasteiger partial charge in [-0.15, -0.1) is 11.3 Å². The lowest BCUT2D eigenvalue weighted by Gasteiger charge is -2.17. The molecule has 0 spiro atoms. The zero-order valence-corrected chi connectivity index (χ0v) is 13.0. The number of rotatable bonds is 7. The van der Waals surface area contributed by atoms with E-state index in [2.05, 4.69) is 30.6 Å². The van der Waals surface area contributed by atoms with E-state index in [4.69, 9.17) is 0 Å². The highest BCUT2D eigenvalue weighted by atomic mass is 32.1. The largest absolute Gasteiger partial charge is 0.387 e. The van der Waals surface area contributed by atoms with Crippen LogP contribution in [0, 0.1) is 6.92 Å². The van der Waals surface area contributed by atoms with Gasteiger partial charge in [0.1, 0.15) is 0 Å². The number of aryl methyl sites for hydroxylation is 2. The lowest BCUT2D eigenvalue weighted by Crippen LogP contribution is -2.30. The molecule has 2 nitrogen and oxygen atoms in total. The highest BCUT2D eigenvalue weighted by Gasteiger charge is 2.09. The van der Waals surface area contributed by atoms with E-state index in [0.717, 1.165) is 18.4 Å². The van der Waals surface area contributed by atoms with Crippen molar-refractivity contribution in [3.05, 3.63) is 57.8 Å². The zero-order chi connectivity index (χ0) is 14.4. The highest BCUT2D eigenvalue weighted by Crippen LogP contribution is 2.16. The van der Waals surface area contributed by atoms with Gasteiger partial charge in [0.2, 0.25) is 0 Å². The maximum atomic E-state index is 10.1. The van der Waals surface area contributed by atoms with Crippen molar-refractivity contribution >= 4 is 11.3 Å². The molecular formula is C17H23NOS. The molecule has 0 bridgehead atoms. The van der Waals surface area contributed by atoms with Crippen LogP contribution in [-0.4, -0.2) is 17.7 Å². The number of thiophene rings is 1. The predicted octanol–water partition coefficient (Wildman–Crippen LogP) is 3.70. The van der Waals surface area contributed by atoms with Crippen LogP contribution in [0.15, 0.2) is 41.8 Å². The van der Waals surface area contributed by atoms with E-state index >= 15 is 0 Å². The quantitative estimate of drug-likeness (QED) is 0.814. The molecule has 0 fully saturated rings. The van der Waals surface area contributed by atoms with E-state index in [1.54, 1.807) is 0 Å². The molecule has 2 aromatic rings. The topological polar surface area (TPSA) is 32.3 Å². The summed E-state index contributed by atoms with van der Waals surface area (Å²) in [5.41, 5.74) is 2.33. The molecule has 108 valence electrons. The van der Waals surface area contributed by atoms with Crippen LogP contribution in [0.3, 0.4) is 0 Å². The molecule has 2 N–H and O–H groups in total. The molecule has 1 aromatic heterocycles. The summed E-state index contributed by atoms with van der Waals surface area (Å²) in [5, 5.41) is 15.7. The van der Waals surface area contributed by atoms with E-state index in [0.29, 0.717) is 12.6 Å². The Kier molecular flexibility index (Phi) is 5.77. The third-order valence-corrected chi connectivity index (χ3v) is 4.57. The van der Waals surface area contributed by atoms with Crippen LogP contribution in [-0.2, 0) is 6.42 Å². The molecule has 1 aromatic carbocycles. The minimum absolute atomic E-state index is 0.413. The summed E-state index contributed by atoms with van der Waals surface area (Å²) in [7, 11) is 0. The average molecular weight is 289 g/mol. The molecular weight excluding hydrogens is 266 g/mol. The number of benzene rings is 1. The van der Waals surface area contributed by atoms with Crippen LogP contribution in [0.5, 0.6) is 0 Å². The van der Waals surface area contributed by atoms with Crippen molar-refractivity contribution in [2.45, 2.75) is 38.8 Å². The summed E-state index contributed by atoms with van der Waals surface area (Å²) in [6.07, 6.45) is 1.78. The lowest BCUT2D eigenvalue weighted by molar-refractivity contribution is 0.170. The van der Waals surface area contributed by atoms with E-state index in [1.807, 2.05) is 41.7 Å². The molecule has 0 saturated heterocycles. The Bertz CT molecular complexity index is 509. The second-order valence-corrected chi connectivity index (χ2v) is 6.36. The highest BCUT2D eigenvalue weighted by molar-refractivity contribution is 7.10. The van der Waals surface area contributed by atoms with Crippen LogP contribution in [0.4, 0.5) is 0 Å². The van der Waals surface area contributed by atoms with E-state index in [1.165, 1.54) is 10.4 Å². The van der Waals surface area contributed by atoms with E-state index in [9.17, 15) is 5.11 Å². The molecule has 1 heterocycles. The SMILES string of the molecule is Cc1csc(CCC(C)NCC(O)c2ccccc2)c1. The van der Waals surface area contributed by atoms with Gasteiger partial charge in [-0.05, 0) is 49.3 Å². The minimum Gasteiger partial charge on any atom is -0.387 e. The molecule has 0 aliphatic rings. The lowest BCUT2D eigenvalue weighted by atomic mass is 10.1. The van der Waals surface area contributed by atoms with Crippen LogP contribution >= 0.6 is 11.3 Å². The molecule has 2 unspecified atom stereocenters. The normalized spacial score (nSPS) is 14.2. The predicted molar refractivity (Wildman–Crippen MR) is 86.2 cm³/mol. The molecule has 2 rings (SSSR count). The fourth-order valence-electron chi connectivity index (χ4n) is 2.19. The van der Waals surface area contributed by atoms with Gasteiger partial charge in [-0.1, -0.05) is 30.3 Å². The monoisotopic (exact) mass is 289 g/mol. The summed E-state index contributed by atoms with van der Waals surface area (Å²) in [4.78, 5) is 1.44. The molecule has 0 aliphatic heterocycles. The van der Waals surface area contributed by atoms with Crippen molar-refractivity contribution < 1.29 is 5.11 Å². The van der Waals surface area contributed by atoms with Gasteiger partial charge in [0.25, 0.3) is 0 Å². The second-order valence-electron chi connectivity index (χ2n) is 5.36. The Labute approximate surface area is 125 Å². The maximum absolute atomic E-state index is 10.1. The van der Waals surface area contributed by atoms with Gasteiger partial charge in [-0.2, -0.15) is 0 Å². The smallest absolute Gasteiger partial charge is 0.0914 e. The summed E-state index contributed by atoms with van der Waals surface area (Å²) >= 11 is 1.84. The van der Waals surface area contributed by atoms with E-state index < -0.39 is 6.10 Å². The molecule has 0 aliphatic carbocycles. The van der Waals surface area contributed by atoms with Crippen LogP contribution in [0.2, 0.25) is 0 Å². The molecule has 0 saturated carbocycles. The standard InChI is InChI=1S/C17H23NOS/c1-13-10-16(20-12-13)9-8-14(2)18-11-17(19)15-6-4-3-5-7-15/h3-7,10,12,14,17-19H,8-9,11H2,1-2H3. The first-order valence-electron chi connectivity index (χ1n) is 7.15. The summed E-state index contributed by atoms with van der Waals surface area (Å²) < 4.78 is 0. The van der Waals surface area contributed by atoms with Crippen molar-refractivity contribution in [1.82, 2.24) is 5.32 Å². The van der Waals surface area contributed by atoms with Crippen LogP contribution < -0.4 is 5.32 Å². The molecule has 0 radical (unpaired) electrons. The fraction of sp³-hybridized carbons (Fsp3) is 0.412. The van der Waals surface area contributed by atoms with Gasteiger partial charge in [0, 0.05) is 17.5 Å². The number of hydrogen-bond acceptors (Lipinski definition) is 3. The Morgan fingerprint density at radius 1 is 1.25 bits per heavy atom.